The van der Waals surface area contributed by atoms with Crippen molar-refractivity contribution in [1.82, 2.24) is 10.2 Å². The van der Waals surface area contributed by atoms with Crippen LogP contribution in [-0.2, 0) is 10.9 Å². The molecule has 6 nitrogen and oxygen atoms in total. The summed E-state index contributed by atoms with van der Waals surface area (Å²) < 4.78 is 43.5. The fraction of sp³-hybridized carbons (Fsp3) is 0.611. The minimum atomic E-state index is -4.45. The van der Waals surface area contributed by atoms with E-state index in [1.807, 2.05) is 0 Å². The topological polar surface area (TPSA) is 82.0 Å². The number of aliphatic hydroxyl groups excluding tert-OH is 2. The average Bonchev–Trinajstić information content (AvgIpc) is 3.26. The van der Waals surface area contributed by atoms with Gasteiger partial charge in [-0.1, -0.05) is 0 Å². The average molecular weight is 388 g/mol. The Morgan fingerprint density at radius 2 is 1.81 bits per heavy atom. The zero-order chi connectivity index (χ0) is 19.6. The van der Waals surface area contributed by atoms with E-state index in [1.54, 1.807) is 0 Å². The van der Waals surface area contributed by atoms with Crippen molar-refractivity contribution >= 4 is 5.91 Å². The predicted molar refractivity (Wildman–Crippen MR) is 90.1 cm³/mol. The lowest BCUT2D eigenvalue weighted by Crippen LogP contribution is -2.50. The summed E-state index contributed by atoms with van der Waals surface area (Å²) in [6, 6.07) is 3.63. The summed E-state index contributed by atoms with van der Waals surface area (Å²) in [4.78, 5) is 14.3. The highest BCUT2D eigenvalue weighted by atomic mass is 19.4. The predicted octanol–water partition coefficient (Wildman–Crippen LogP) is 1.02. The van der Waals surface area contributed by atoms with Crippen molar-refractivity contribution in [2.45, 2.75) is 43.4 Å². The molecule has 2 aliphatic heterocycles. The summed E-state index contributed by atoms with van der Waals surface area (Å²) in [5.41, 5.74) is -0.709. The quantitative estimate of drug-likeness (QED) is 0.702. The second kappa shape index (κ2) is 8.14. The van der Waals surface area contributed by atoms with Gasteiger partial charge in [-0.05, 0) is 50.2 Å². The van der Waals surface area contributed by atoms with Crippen molar-refractivity contribution in [3.05, 3.63) is 35.4 Å². The van der Waals surface area contributed by atoms with Gasteiger partial charge in [0.25, 0.3) is 5.91 Å². The van der Waals surface area contributed by atoms with Gasteiger partial charge >= 0.3 is 6.18 Å². The zero-order valence-corrected chi connectivity index (χ0v) is 14.7. The smallest absolute Gasteiger partial charge is 0.394 e. The van der Waals surface area contributed by atoms with Gasteiger partial charge in [0.15, 0.2) is 0 Å². The Labute approximate surface area is 154 Å². The lowest BCUT2D eigenvalue weighted by Gasteiger charge is -2.30. The Bertz CT molecular complexity index is 647. The third kappa shape index (κ3) is 4.43. The number of amides is 1. The number of hydrogen-bond acceptors (Lipinski definition) is 5. The molecule has 0 saturated carbocycles. The van der Waals surface area contributed by atoms with Gasteiger partial charge in [-0.3, -0.25) is 9.69 Å². The lowest BCUT2D eigenvalue weighted by molar-refractivity contribution is -0.137. The van der Waals surface area contributed by atoms with Gasteiger partial charge in [-0.25, -0.2) is 0 Å². The highest BCUT2D eigenvalue weighted by Crippen LogP contribution is 2.30. The number of likely N-dealkylation sites (tertiary alicyclic amines) is 1. The van der Waals surface area contributed by atoms with E-state index in [0.29, 0.717) is 0 Å². The Kier molecular flexibility index (Phi) is 6.05. The number of nitrogens with zero attached hydrogens (tertiary/aromatic N) is 1. The van der Waals surface area contributed by atoms with Crippen molar-refractivity contribution in [3.63, 3.8) is 0 Å². The van der Waals surface area contributed by atoms with Crippen LogP contribution >= 0.6 is 0 Å². The molecule has 0 aliphatic carbocycles. The maximum Gasteiger partial charge on any atom is 0.416 e. The molecule has 150 valence electrons. The van der Waals surface area contributed by atoms with Crippen molar-refractivity contribution in [2.75, 3.05) is 26.2 Å². The van der Waals surface area contributed by atoms with E-state index in [-0.39, 0.29) is 24.8 Å². The summed E-state index contributed by atoms with van der Waals surface area (Å²) in [6.45, 7) is 1.39. The molecule has 3 rings (SSSR count). The van der Waals surface area contributed by atoms with Gasteiger partial charge in [0.1, 0.15) is 12.2 Å². The number of rotatable bonds is 5. The number of nitrogens with one attached hydrogen (secondary N) is 1. The van der Waals surface area contributed by atoms with Gasteiger partial charge < -0.3 is 20.3 Å². The van der Waals surface area contributed by atoms with E-state index >= 15 is 0 Å². The molecule has 27 heavy (non-hydrogen) atoms. The van der Waals surface area contributed by atoms with Crippen molar-refractivity contribution in [3.8, 4) is 0 Å². The van der Waals surface area contributed by atoms with Gasteiger partial charge in [-0.15, -0.1) is 0 Å². The van der Waals surface area contributed by atoms with E-state index in [4.69, 9.17) is 4.74 Å². The third-order valence-corrected chi connectivity index (χ3v) is 5.14. The van der Waals surface area contributed by atoms with E-state index in [0.717, 1.165) is 50.2 Å². The molecule has 1 aromatic rings. The highest BCUT2D eigenvalue weighted by molar-refractivity contribution is 5.94. The van der Waals surface area contributed by atoms with Crippen molar-refractivity contribution < 1.29 is 32.9 Å². The molecule has 9 heteroatoms. The van der Waals surface area contributed by atoms with Crippen LogP contribution in [0.4, 0.5) is 13.2 Å². The van der Waals surface area contributed by atoms with Crippen LogP contribution in [-0.4, -0.2) is 71.6 Å². The van der Waals surface area contributed by atoms with Gasteiger partial charge in [-0.2, -0.15) is 13.2 Å². The van der Waals surface area contributed by atoms with Crippen LogP contribution in [0.25, 0.3) is 0 Å². The first-order valence-electron chi connectivity index (χ1n) is 8.95. The molecule has 4 atom stereocenters. The van der Waals surface area contributed by atoms with E-state index in [1.165, 1.54) is 0 Å². The standard InChI is InChI=1S/C18H23F3N2O4/c19-18(20,21)12-5-3-11(4-6-12)17(26)22-9-13-15(23-7-1-2-8-23)16(25)14(10-24)27-13/h3-6,13-16,24-25H,1-2,7-10H2,(H,22,26)/t13-,14+,15+,16-/m1/s1. The minimum absolute atomic E-state index is 0.0918. The molecule has 0 unspecified atom stereocenters. The number of ether oxygens (including phenoxy) is 1. The van der Waals surface area contributed by atoms with Crippen LogP contribution in [0.3, 0.4) is 0 Å². The number of halogens is 3. The first kappa shape index (κ1) is 20.1. The van der Waals surface area contributed by atoms with Crippen LogP contribution in [0.15, 0.2) is 24.3 Å². The Balaban J connectivity index is 1.62. The maximum atomic E-state index is 12.6. The van der Waals surface area contributed by atoms with Crippen LogP contribution < -0.4 is 5.32 Å². The van der Waals surface area contributed by atoms with Crippen molar-refractivity contribution in [2.24, 2.45) is 0 Å². The molecule has 2 saturated heterocycles. The van der Waals surface area contributed by atoms with Crippen molar-refractivity contribution in [1.29, 1.82) is 0 Å². The molecule has 3 N–H and O–H groups in total. The Hall–Kier alpha value is -1.68. The van der Waals surface area contributed by atoms with Crippen LogP contribution in [0.2, 0.25) is 0 Å². The molecule has 0 bridgehead atoms. The van der Waals surface area contributed by atoms with Gasteiger partial charge in [0.2, 0.25) is 0 Å². The number of aliphatic hydroxyl groups is 2. The zero-order valence-electron chi connectivity index (χ0n) is 14.7. The first-order chi connectivity index (χ1) is 12.8. The van der Waals surface area contributed by atoms with E-state index in [9.17, 15) is 28.2 Å². The third-order valence-electron chi connectivity index (χ3n) is 5.14. The molecule has 1 aromatic carbocycles. The largest absolute Gasteiger partial charge is 0.416 e. The molecular formula is C18H23F3N2O4. The normalized spacial score (nSPS) is 29.2. The summed E-state index contributed by atoms with van der Waals surface area (Å²) in [5.74, 6) is -0.519. The molecular weight excluding hydrogens is 365 g/mol. The lowest BCUT2D eigenvalue weighted by atomic mass is 10.0. The summed E-state index contributed by atoms with van der Waals surface area (Å²) >= 11 is 0. The summed E-state index contributed by atoms with van der Waals surface area (Å²) in [7, 11) is 0. The SMILES string of the molecule is O=C(NC[C@H]1O[C@@H](CO)[C@@H](O)[C@H]1N1CCCC1)c1ccc(C(F)(F)F)cc1. The second-order valence-corrected chi connectivity index (χ2v) is 6.90. The molecule has 0 spiro atoms. The number of carbonyl (C=O) groups is 1. The van der Waals surface area contributed by atoms with Gasteiger partial charge in [0.05, 0.1) is 24.3 Å². The Morgan fingerprint density at radius 1 is 1.19 bits per heavy atom. The molecule has 1 amide bonds. The molecule has 0 aromatic heterocycles. The number of alkyl halides is 3. The minimum Gasteiger partial charge on any atom is -0.394 e. The Morgan fingerprint density at radius 3 is 2.37 bits per heavy atom. The molecule has 0 radical (unpaired) electrons. The highest BCUT2D eigenvalue weighted by Gasteiger charge is 2.46. The monoisotopic (exact) mass is 388 g/mol. The van der Waals surface area contributed by atoms with Crippen LogP contribution in [0, 0.1) is 0 Å². The number of hydrogen-bond donors (Lipinski definition) is 3. The number of benzene rings is 1. The fourth-order valence-corrected chi connectivity index (χ4v) is 3.74. The maximum absolute atomic E-state index is 12.6. The molecule has 2 aliphatic rings. The van der Waals surface area contributed by atoms with E-state index in [2.05, 4.69) is 10.2 Å². The molecule has 2 fully saturated rings. The number of carbonyl (C=O) groups excluding carboxylic acids is 1. The fourth-order valence-electron chi connectivity index (χ4n) is 3.74. The summed E-state index contributed by atoms with van der Waals surface area (Å²) in [6.07, 6.45) is -4.52. The second-order valence-electron chi connectivity index (χ2n) is 6.90. The van der Waals surface area contributed by atoms with Crippen LogP contribution in [0.5, 0.6) is 0 Å². The molecule has 2 heterocycles. The van der Waals surface area contributed by atoms with Gasteiger partial charge in [0, 0.05) is 12.1 Å². The first-order valence-corrected chi connectivity index (χ1v) is 8.95. The van der Waals surface area contributed by atoms with Crippen LogP contribution in [0.1, 0.15) is 28.8 Å². The van der Waals surface area contributed by atoms with E-state index < -0.39 is 36.0 Å². The summed E-state index contributed by atoms with van der Waals surface area (Å²) in [5, 5.41) is 22.5.